The van der Waals surface area contributed by atoms with Gasteiger partial charge < -0.3 is 9.84 Å². The van der Waals surface area contributed by atoms with Gasteiger partial charge >= 0.3 is 24.2 Å². The van der Waals surface area contributed by atoms with Gasteiger partial charge in [0.2, 0.25) is 5.88 Å². The highest BCUT2D eigenvalue weighted by molar-refractivity contribution is 6.15. The Morgan fingerprint density at radius 2 is 1.32 bits per heavy atom. The van der Waals surface area contributed by atoms with Crippen molar-refractivity contribution >= 4 is 33.1 Å². The first-order valence-electron chi connectivity index (χ1n) is 10.4. The molecule has 0 spiro atoms. The molecule has 0 bridgehead atoms. The van der Waals surface area contributed by atoms with Crippen LogP contribution in [0.2, 0.25) is 0 Å². The Labute approximate surface area is 203 Å². The standard InChI is InChI=1S/C24H15F8N3O2/c25-21(26)23(29,30)24(31,32)22(27,28)12-37-18-11-5-10-17(33-18)34-35-19-15-8-3-1-6-13(15)14-7-2-4-9-16(14)20(19)36/h1-11,21,36H,12H2. The van der Waals surface area contributed by atoms with Crippen molar-refractivity contribution < 1.29 is 45.0 Å². The highest BCUT2D eigenvalue weighted by atomic mass is 19.4. The Balaban J connectivity index is 1.61. The predicted molar refractivity (Wildman–Crippen MR) is 118 cm³/mol. The number of aromatic nitrogens is 1. The van der Waals surface area contributed by atoms with Crippen LogP contribution in [-0.2, 0) is 0 Å². The van der Waals surface area contributed by atoms with Crippen LogP contribution in [0.1, 0.15) is 0 Å². The molecule has 1 aromatic heterocycles. The quantitative estimate of drug-likeness (QED) is 0.143. The maximum Gasteiger partial charge on any atom is 0.381 e. The summed E-state index contributed by atoms with van der Waals surface area (Å²) >= 11 is 0. The molecule has 0 saturated carbocycles. The van der Waals surface area contributed by atoms with E-state index in [1.807, 2.05) is 0 Å². The summed E-state index contributed by atoms with van der Waals surface area (Å²) in [5.41, 5.74) is 0.0582. The van der Waals surface area contributed by atoms with E-state index >= 15 is 0 Å². The Kier molecular flexibility index (Phi) is 6.65. The average molecular weight is 529 g/mol. The molecule has 0 aliphatic heterocycles. The number of pyridine rings is 1. The SMILES string of the molecule is Oc1c(N=Nc2cccc(OCC(F)(F)C(F)(F)C(F)(F)C(F)F)n2)c2ccccc2c2ccccc12. The number of rotatable bonds is 8. The van der Waals surface area contributed by atoms with Crippen molar-refractivity contribution in [1.29, 1.82) is 0 Å². The number of aromatic hydroxyl groups is 1. The van der Waals surface area contributed by atoms with Gasteiger partial charge in [-0.05, 0) is 16.8 Å². The molecule has 4 rings (SSSR count). The lowest BCUT2D eigenvalue weighted by molar-refractivity contribution is -0.342. The number of azo groups is 1. The number of alkyl halides is 8. The predicted octanol–water partition coefficient (Wildman–Crippen LogP) is 8.06. The van der Waals surface area contributed by atoms with Crippen LogP contribution in [0, 0.1) is 0 Å². The number of halogens is 8. The van der Waals surface area contributed by atoms with Crippen molar-refractivity contribution in [3.8, 4) is 11.6 Å². The fourth-order valence-corrected chi connectivity index (χ4v) is 3.48. The molecule has 0 radical (unpaired) electrons. The summed E-state index contributed by atoms with van der Waals surface area (Å²) < 4.78 is 109. The fourth-order valence-electron chi connectivity index (χ4n) is 3.48. The zero-order valence-electron chi connectivity index (χ0n) is 18.4. The first-order chi connectivity index (χ1) is 17.4. The van der Waals surface area contributed by atoms with Crippen molar-refractivity contribution in [2.45, 2.75) is 24.2 Å². The van der Waals surface area contributed by atoms with Gasteiger partial charge in [-0.3, -0.25) is 0 Å². The van der Waals surface area contributed by atoms with E-state index < -0.39 is 36.7 Å². The number of ether oxygens (including phenoxy) is 1. The second-order valence-corrected chi connectivity index (χ2v) is 7.81. The highest BCUT2D eigenvalue weighted by Gasteiger charge is 2.75. The molecule has 0 aliphatic rings. The Morgan fingerprint density at radius 3 is 1.95 bits per heavy atom. The van der Waals surface area contributed by atoms with Crippen LogP contribution in [0.15, 0.2) is 77.0 Å². The van der Waals surface area contributed by atoms with Gasteiger partial charge in [0.15, 0.2) is 18.2 Å². The van der Waals surface area contributed by atoms with Gasteiger partial charge in [-0.25, -0.2) is 8.78 Å². The van der Waals surface area contributed by atoms with Crippen LogP contribution in [-0.4, -0.2) is 40.9 Å². The minimum Gasteiger partial charge on any atom is -0.505 e. The molecule has 3 aromatic carbocycles. The Bertz CT molecular complexity index is 1480. The van der Waals surface area contributed by atoms with Gasteiger partial charge in [0.1, 0.15) is 5.69 Å². The number of hydrogen-bond acceptors (Lipinski definition) is 5. The monoisotopic (exact) mass is 529 g/mol. The highest BCUT2D eigenvalue weighted by Crippen LogP contribution is 2.48. The summed E-state index contributed by atoms with van der Waals surface area (Å²) in [6, 6.07) is 17.3. The summed E-state index contributed by atoms with van der Waals surface area (Å²) in [7, 11) is 0. The number of phenols is 1. The van der Waals surface area contributed by atoms with Crippen molar-refractivity contribution in [2.75, 3.05) is 6.61 Å². The molecule has 1 N–H and O–H groups in total. The molecule has 194 valence electrons. The first-order valence-corrected chi connectivity index (χ1v) is 10.4. The molecule has 37 heavy (non-hydrogen) atoms. The molecule has 0 fully saturated rings. The molecule has 4 aromatic rings. The van der Waals surface area contributed by atoms with Gasteiger partial charge in [0, 0.05) is 16.8 Å². The van der Waals surface area contributed by atoms with E-state index in [1.54, 1.807) is 48.5 Å². The molecular formula is C24H15F8N3O2. The van der Waals surface area contributed by atoms with Crippen LogP contribution in [0.5, 0.6) is 11.6 Å². The fraction of sp³-hybridized carbons (Fsp3) is 0.208. The van der Waals surface area contributed by atoms with E-state index in [0.29, 0.717) is 10.8 Å². The number of phenolic OH excluding ortho intramolecular Hbond substituents is 1. The average Bonchev–Trinajstić information content (AvgIpc) is 2.87. The molecule has 0 aliphatic carbocycles. The summed E-state index contributed by atoms with van der Waals surface area (Å²) in [4.78, 5) is 3.66. The third kappa shape index (κ3) is 4.60. The van der Waals surface area contributed by atoms with E-state index in [1.165, 1.54) is 12.1 Å². The summed E-state index contributed by atoms with van der Waals surface area (Å²) in [5, 5.41) is 21.1. The van der Waals surface area contributed by atoms with E-state index in [2.05, 4.69) is 19.9 Å². The molecule has 0 amide bonds. The largest absolute Gasteiger partial charge is 0.505 e. The minimum absolute atomic E-state index is 0.0582. The van der Waals surface area contributed by atoms with Crippen LogP contribution >= 0.6 is 0 Å². The number of nitrogens with zero attached hydrogens (tertiary/aromatic N) is 3. The second-order valence-electron chi connectivity index (χ2n) is 7.81. The Hall–Kier alpha value is -4.03. The third-order valence-electron chi connectivity index (χ3n) is 5.39. The first kappa shape index (κ1) is 26.0. The number of fused-ring (bicyclic) bond motifs is 3. The van der Waals surface area contributed by atoms with Gasteiger partial charge in [-0.15, -0.1) is 10.2 Å². The number of hydrogen-bond donors (Lipinski definition) is 1. The van der Waals surface area contributed by atoms with Gasteiger partial charge in [-0.1, -0.05) is 54.6 Å². The molecule has 13 heteroatoms. The Morgan fingerprint density at radius 1 is 0.757 bits per heavy atom. The van der Waals surface area contributed by atoms with Crippen LogP contribution in [0.3, 0.4) is 0 Å². The molecule has 0 unspecified atom stereocenters. The van der Waals surface area contributed by atoms with Crippen molar-refractivity contribution in [2.24, 2.45) is 10.2 Å². The summed E-state index contributed by atoms with van der Waals surface area (Å²) in [5.74, 6) is -19.6. The van der Waals surface area contributed by atoms with Crippen molar-refractivity contribution in [3.05, 3.63) is 66.7 Å². The maximum absolute atomic E-state index is 13.7. The zero-order valence-corrected chi connectivity index (χ0v) is 18.4. The van der Waals surface area contributed by atoms with E-state index in [0.717, 1.165) is 16.8 Å². The van der Waals surface area contributed by atoms with Gasteiger partial charge in [-0.2, -0.15) is 31.3 Å². The van der Waals surface area contributed by atoms with Crippen LogP contribution < -0.4 is 4.74 Å². The smallest absolute Gasteiger partial charge is 0.381 e. The van der Waals surface area contributed by atoms with E-state index in [-0.39, 0.29) is 17.3 Å². The van der Waals surface area contributed by atoms with E-state index in [4.69, 9.17) is 0 Å². The third-order valence-corrected chi connectivity index (χ3v) is 5.39. The lowest BCUT2D eigenvalue weighted by Crippen LogP contribution is -2.59. The van der Waals surface area contributed by atoms with Crippen LogP contribution in [0.4, 0.5) is 46.6 Å². The lowest BCUT2D eigenvalue weighted by atomic mass is 9.99. The van der Waals surface area contributed by atoms with E-state index in [9.17, 15) is 40.2 Å². The lowest BCUT2D eigenvalue weighted by Gasteiger charge is -2.31. The van der Waals surface area contributed by atoms with Gasteiger partial charge in [0.25, 0.3) is 0 Å². The van der Waals surface area contributed by atoms with Crippen LogP contribution in [0.25, 0.3) is 21.5 Å². The second kappa shape index (κ2) is 9.45. The molecule has 0 saturated heterocycles. The molecular weight excluding hydrogens is 514 g/mol. The molecule has 5 nitrogen and oxygen atoms in total. The van der Waals surface area contributed by atoms with Crippen molar-refractivity contribution in [3.63, 3.8) is 0 Å². The number of benzene rings is 3. The van der Waals surface area contributed by atoms with Gasteiger partial charge in [0.05, 0.1) is 0 Å². The summed E-state index contributed by atoms with van der Waals surface area (Å²) in [6.45, 7) is -2.37. The maximum atomic E-state index is 13.7. The summed E-state index contributed by atoms with van der Waals surface area (Å²) in [6.07, 6.45) is -5.03. The zero-order chi connectivity index (χ0) is 27.0. The minimum atomic E-state index is -6.40. The topological polar surface area (TPSA) is 67.1 Å². The van der Waals surface area contributed by atoms with Crippen molar-refractivity contribution in [1.82, 2.24) is 4.98 Å². The molecule has 1 heterocycles. The normalized spacial score (nSPS) is 13.2. The molecule has 0 atom stereocenters.